The molecule has 8 heteroatoms. The molecule has 0 aliphatic heterocycles. The highest BCUT2D eigenvalue weighted by Gasteiger charge is 2.23. The van der Waals surface area contributed by atoms with Crippen LogP contribution in [-0.2, 0) is 9.53 Å². The molecular weight excluding hydrogens is 364 g/mol. The van der Waals surface area contributed by atoms with Crippen molar-refractivity contribution in [1.29, 1.82) is 5.26 Å². The molecule has 0 fully saturated rings. The van der Waals surface area contributed by atoms with Crippen molar-refractivity contribution >= 4 is 17.6 Å². The number of carbonyl (C=O) groups excluding carboxylic acids is 2. The first kappa shape index (κ1) is 20.6. The molecular formula is C20H20N2O6. The Morgan fingerprint density at radius 2 is 1.54 bits per heavy atom. The van der Waals surface area contributed by atoms with Crippen molar-refractivity contribution in [3.8, 4) is 23.3 Å². The fourth-order valence-electron chi connectivity index (χ4n) is 2.34. The van der Waals surface area contributed by atoms with Gasteiger partial charge in [0.1, 0.15) is 11.3 Å². The second-order valence-electron chi connectivity index (χ2n) is 5.63. The third kappa shape index (κ3) is 4.71. The molecule has 0 bridgehead atoms. The molecule has 0 spiro atoms. The van der Waals surface area contributed by atoms with Crippen LogP contribution in [0.3, 0.4) is 0 Å². The van der Waals surface area contributed by atoms with Gasteiger partial charge in [-0.05, 0) is 31.2 Å². The maximum atomic E-state index is 12.5. The van der Waals surface area contributed by atoms with Gasteiger partial charge >= 0.3 is 5.97 Å². The van der Waals surface area contributed by atoms with Gasteiger partial charge < -0.3 is 24.3 Å². The Morgan fingerprint density at radius 1 is 0.964 bits per heavy atom. The molecule has 146 valence electrons. The van der Waals surface area contributed by atoms with Gasteiger partial charge in [0, 0.05) is 17.8 Å². The number of nitrogens with zero attached hydrogens (tertiary/aromatic N) is 1. The summed E-state index contributed by atoms with van der Waals surface area (Å²) in [6.45, 7) is 1.45. The van der Waals surface area contributed by atoms with Crippen LogP contribution in [0.1, 0.15) is 22.8 Å². The monoisotopic (exact) mass is 384 g/mol. The highest BCUT2D eigenvalue weighted by molar-refractivity contribution is 5.98. The van der Waals surface area contributed by atoms with E-state index in [4.69, 9.17) is 24.2 Å². The van der Waals surface area contributed by atoms with Crippen LogP contribution in [0.5, 0.6) is 17.2 Å². The first-order valence-corrected chi connectivity index (χ1v) is 8.25. The number of nitriles is 1. The Morgan fingerprint density at radius 3 is 2.07 bits per heavy atom. The number of rotatable bonds is 7. The van der Waals surface area contributed by atoms with Gasteiger partial charge in [-0.3, -0.25) is 4.79 Å². The van der Waals surface area contributed by atoms with Crippen LogP contribution in [0.25, 0.3) is 0 Å². The molecule has 0 radical (unpaired) electrons. The van der Waals surface area contributed by atoms with Crippen molar-refractivity contribution in [1.82, 2.24) is 0 Å². The average molecular weight is 384 g/mol. The SMILES string of the molecule is COc1cc(OC)c(C(=O)O[C@H](C)C(=O)Nc2ccc(C#N)cc2)cc1OC. The number of hydrogen-bond donors (Lipinski definition) is 1. The molecule has 2 aromatic rings. The molecule has 1 atom stereocenters. The Hall–Kier alpha value is -3.73. The molecule has 0 heterocycles. The molecule has 2 rings (SSSR count). The van der Waals surface area contributed by atoms with Crippen molar-refractivity contribution in [2.45, 2.75) is 13.0 Å². The van der Waals surface area contributed by atoms with Gasteiger partial charge in [0.2, 0.25) is 0 Å². The number of methoxy groups -OCH3 is 3. The molecule has 1 amide bonds. The number of benzene rings is 2. The molecule has 28 heavy (non-hydrogen) atoms. The van der Waals surface area contributed by atoms with E-state index in [1.54, 1.807) is 24.3 Å². The number of ether oxygens (including phenoxy) is 4. The summed E-state index contributed by atoms with van der Waals surface area (Å²) in [5, 5.41) is 11.4. The molecule has 0 aliphatic carbocycles. The van der Waals surface area contributed by atoms with Gasteiger partial charge in [0.25, 0.3) is 5.91 Å². The van der Waals surface area contributed by atoms with E-state index in [1.807, 2.05) is 6.07 Å². The van der Waals surface area contributed by atoms with Crippen molar-refractivity contribution in [2.75, 3.05) is 26.6 Å². The number of amides is 1. The quantitative estimate of drug-likeness (QED) is 0.732. The highest BCUT2D eigenvalue weighted by atomic mass is 16.6. The number of carbonyl (C=O) groups is 2. The number of anilines is 1. The predicted octanol–water partition coefficient (Wildman–Crippen LogP) is 2.77. The molecule has 2 aromatic carbocycles. The summed E-state index contributed by atoms with van der Waals surface area (Å²) >= 11 is 0. The Kier molecular flexibility index (Phi) is 6.82. The lowest BCUT2D eigenvalue weighted by Crippen LogP contribution is -2.30. The van der Waals surface area contributed by atoms with Crippen LogP contribution in [0.2, 0.25) is 0 Å². The summed E-state index contributed by atoms with van der Waals surface area (Å²) in [6, 6.07) is 11.2. The molecule has 0 aromatic heterocycles. The Labute approximate surface area is 162 Å². The minimum Gasteiger partial charge on any atom is -0.496 e. The number of nitrogens with one attached hydrogen (secondary N) is 1. The highest BCUT2D eigenvalue weighted by Crippen LogP contribution is 2.35. The zero-order chi connectivity index (χ0) is 20.7. The van der Waals surface area contributed by atoms with E-state index in [2.05, 4.69) is 5.32 Å². The van der Waals surface area contributed by atoms with Crippen molar-refractivity contribution < 1.29 is 28.5 Å². The van der Waals surface area contributed by atoms with Crippen LogP contribution in [-0.4, -0.2) is 39.3 Å². The van der Waals surface area contributed by atoms with Crippen LogP contribution < -0.4 is 19.5 Å². The largest absolute Gasteiger partial charge is 0.496 e. The molecule has 0 saturated carbocycles. The van der Waals surface area contributed by atoms with E-state index >= 15 is 0 Å². The van der Waals surface area contributed by atoms with Gasteiger partial charge in [-0.25, -0.2) is 4.79 Å². The first-order chi connectivity index (χ1) is 13.4. The maximum absolute atomic E-state index is 12.5. The van der Waals surface area contributed by atoms with E-state index in [0.717, 1.165) is 0 Å². The van der Waals surface area contributed by atoms with Crippen LogP contribution >= 0.6 is 0 Å². The van der Waals surface area contributed by atoms with E-state index < -0.39 is 18.0 Å². The molecule has 0 saturated heterocycles. The lowest BCUT2D eigenvalue weighted by molar-refractivity contribution is -0.123. The van der Waals surface area contributed by atoms with Gasteiger partial charge in [0.15, 0.2) is 17.6 Å². The van der Waals surface area contributed by atoms with E-state index in [9.17, 15) is 9.59 Å². The van der Waals surface area contributed by atoms with E-state index in [1.165, 1.54) is 40.4 Å². The third-order valence-corrected chi connectivity index (χ3v) is 3.86. The van der Waals surface area contributed by atoms with Crippen molar-refractivity contribution in [3.05, 3.63) is 47.5 Å². The Bertz CT molecular complexity index is 902. The fraction of sp³-hybridized carbons (Fsp3) is 0.250. The zero-order valence-electron chi connectivity index (χ0n) is 15.9. The Balaban J connectivity index is 2.12. The smallest absolute Gasteiger partial charge is 0.342 e. The normalized spacial score (nSPS) is 11.0. The van der Waals surface area contributed by atoms with Crippen molar-refractivity contribution in [3.63, 3.8) is 0 Å². The number of hydrogen-bond acceptors (Lipinski definition) is 7. The van der Waals surface area contributed by atoms with E-state index in [0.29, 0.717) is 22.7 Å². The number of esters is 1. The summed E-state index contributed by atoms with van der Waals surface area (Å²) in [5.41, 5.74) is 1.05. The van der Waals surface area contributed by atoms with Gasteiger partial charge in [-0.15, -0.1) is 0 Å². The molecule has 0 aliphatic rings. The molecule has 1 N–H and O–H groups in total. The minimum atomic E-state index is -1.07. The zero-order valence-corrected chi connectivity index (χ0v) is 15.9. The van der Waals surface area contributed by atoms with Crippen molar-refractivity contribution in [2.24, 2.45) is 0 Å². The second-order valence-corrected chi connectivity index (χ2v) is 5.63. The topological polar surface area (TPSA) is 107 Å². The predicted molar refractivity (Wildman–Crippen MR) is 101 cm³/mol. The minimum absolute atomic E-state index is 0.0955. The van der Waals surface area contributed by atoms with E-state index in [-0.39, 0.29) is 11.3 Å². The first-order valence-electron chi connectivity index (χ1n) is 8.25. The summed E-state index contributed by atoms with van der Waals surface area (Å²) in [6.07, 6.45) is -1.07. The summed E-state index contributed by atoms with van der Waals surface area (Å²) < 4.78 is 20.8. The standard InChI is InChI=1S/C20H20N2O6/c1-12(19(23)22-14-7-5-13(11-21)6-8-14)28-20(24)15-9-17(26-3)18(27-4)10-16(15)25-2/h5-10,12H,1-4H3,(H,22,23)/t12-/m1/s1. The lowest BCUT2D eigenvalue weighted by atomic mass is 10.1. The summed E-state index contributed by atoms with van der Waals surface area (Å²) in [4.78, 5) is 24.8. The molecule has 0 unspecified atom stereocenters. The second kappa shape index (κ2) is 9.28. The van der Waals surface area contributed by atoms with Crippen LogP contribution in [0, 0.1) is 11.3 Å². The fourth-order valence-corrected chi connectivity index (χ4v) is 2.34. The van der Waals surface area contributed by atoms with Crippen LogP contribution in [0.4, 0.5) is 5.69 Å². The summed E-state index contributed by atoms with van der Waals surface area (Å²) in [7, 11) is 4.30. The maximum Gasteiger partial charge on any atom is 0.342 e. The average Bonchev–Trinajstić information content (AvgIpc) is 2.72. The van der Waals surface area contributed by atoms with Gasteiger partial charge in [0.05, 0.1) is 33.0 Å². The van der Waals surface area contributed by atoms with Crippen LogP contribution in [0.15, 0.2) is 36.4 Å². The third-order valence-electron chi connectivity index (χ3n) is 3.86. The lowest BCUT2D eigenvalue weighted by Gasteiger charge is -2.16. The van der Waals surface area contributed by atoms with Gasteiger partial charge in [-0.1, -0.05) is 0 Å². The molecule has 8 nitrogen and oxygen atoms in total. The summed E-state index contributed by atoms with van der Waals surface area (Å²) in [5.74, 6) is -0.326. The van der Waals surface area contributed by atoms with Gasteiger partial charge in [-0.2, -0.15) is 5.26 Å².